The van der Waals surface area contributed by atoms with Crippen LogP contribution in [-0.4, -0.2) is 22.9 Å². The molecule has 114 valence electrons. The predicted octanol–water partition coefficient (Wildman–Crippen LogP) is 2.94. The Hall–Kier alpha value is -1.78. The maximum absolute atomic E-state index is 12.1. The van der Waals surface area contributed by atoms with E-state index in [1.807, 2.05) is 54.6 Å². The maximum Gasteiger partial charge on any atom is 0.221 e. The molecule has 0 saturated heterocycles. The third-order valence-electron chi connectivity index (χ3n) is 3.86. The third-order valence-corrected chi connectivity index (χ3v) is 4.88. The van der Waals surface area contributed by atoms with Gasteiger partial charge in [-0.25, -0.2) is 0 Å². The number of aliphatic hydroxyl groups is 1. The fraction of sp³-hybridized carbons (Fsp3) is 0.278. The zero-order valence-corrected chi connectivity index (χ0v) is 13.1. The first-order chi connectivity index (χ1) is 10.7. The van der Waals surface area contributed by atoms with Crippen LogP contribution in [0.4, 0.5) is 0 Å². The molecule has 0 spiro atoms. The average Bonchev–Trinajstić information content (AvgIpc) is 2.84. The first kappa shape index (κ1) is 15.1. The molecule has 0 bridgehead atoms. The Kier molecular flexibility index (Phi) is 4.80. The van der Waals surface area contributed by atoms with Crippen LogP contribution in [0.15, 0.2) is 59.5 Å². The third kappa shape index (κ3) is 3.51. The van der Waals surface area contributed by atoms with Gasteiger partial charge in [0.05, 0.1) is 12.1 Å². The van der Waals surface area contributed by atoms with Gasteiger partial charge in [-0.2, -0.15) is 0 Å². The van der Waals surface area contributed by atoms with Crippen LogP contribution >= 0.6 is 11.8 Å². The van der Waals surface area contributed by atoms with Crippen LogP contribution in [0.1, 0.15) is 23.6 Å². The Morgan fingerprint density at radius 3 is 2.68 bits per heavy atom. The fourth-order valence-corrected chi connectivity index (χ4v) is 3.64. The lowest BCUT2D eigenvalue weighted by molar-refractivity contribution is -0.122. The topological polar surface area (TPSA) is 49.3 Å². The van der Waals surface area contributed by atoms with E-state index < -0.39 is 6.10 Å². The molecule has 0 radical (unpaired) electrons. The number of carbonyl (C=O) groups excluding carboxylic acids is 1. The second-order valence-corrected chi connectivity index (χ2v) is 6.60. The molecule has 3 nitrogen and oxygen atoms in total. The van der Waals surface area contributed by atoms with Gasteiger partial charge in [-0.1, -0.05) is 42.5 Å². The van der Waals surface area contributed by atoms with Crippen molar-refractivity contribution >= 4 is 17.7 Å². The SMILES string of the molecule is O=C(CCSc1ccccc1)NC1c2ccccc2CC1O. The van der Waals surface area contributed by atoms with Crippen molar-refractivity contribution in [3.8, 4) is 0 Å². The van der Waals surface area contributed by atoms with Crippen LogP contribution in [0.5, 0.6) is 0 Å². The summed E-state index contributed by atoms with van der Waals surface area (Å²) >= 11 is 1.67. The minimum absolute atomic E-state index is 0.0100. The summed E-state index contributed by atoms with van der Waals surface area (Å²) in [7, 11) is 0. The van der Waals surface area contributed by atoms with Crippen LogP contribution in [0.2, 0.25) is 0 Å². The van der Waals surface area contributed by atoms with Crippen LogP contribution < -0.4 is 5.32 Å². The van der Waals surface area contributed by atoms with Gasteiger partial charge in [-0.15, -0.1) is 11.8 Å². The van der Waals surface area contributed by atoms with E-state index in [4.69, 9.17) is 0 Å². The number of hydrogen-bond donors (Lipinski definition) is 2. The molecule has 0 saturated carbocycles. The summed E-state index contributed by atoms with van der Waals surface area (Å²) in [5.41, 5.74) is 2.16. The number of hydrogen-bond acceptors (Lipinski definition) is 3. The largest absolute Gasteiger partial charge is 0.390 e. The number of amides is 1. The zero-order valence-electron chi connectivity index (χ0n) is 12.2. The van der Waals surface area contributed by atoms with Crippen molar-refractivity contribution in [2.75, 3.05) is 5.75 Å². The highest BCUT2D eigenvalue weighted by atomic mass is 32.2. The Balaban J connectivity index is 1.52. The molecule has 1 amide bonds. The van der Waals surface area contributed by atoms with Gasteiger partial charge in [0.2, 0.25) is 5.91 Å². The molecule has 2 atom stereocenters. The number of aliphatic hydroxyl groups excluding tert-OH is 1. The van der Waals surface area contributed by atoms with E-state index in [0.717, 1.165) is 16.9 Å². The second-order valence-electron chi connectivity index (χ2n) is 5.43. The van der Waals surface area contributed by atoms with Crippen molar-refractivity contribution in [1.82, 2.24) is 5.32 Å². The van der Waals surface area contributed by atoms with E-state index in [9.17, 15) is 9.90 Å². The molecule has 22 heavy (non-hydrogen) atoms. The van der Waals surface area contributed by atoms with Gasteiger partial charge < -0.3 is 10.4 Å². The molecule has 2 unspecified atom stereocenters. The monoisotopic (exact) mass is 313 g/mol. The molecule has 1 aliphatic rings. The summed E-state index contributed by atoms with van der Waals surface area (Å²) in [6.07, 6.45) is 0.535. The fourth-order valence-electron chi connectivity index (χ4n) is 2.77. The first-order valence-corrected chi connectivity index (χ1v) is 8.45. The zero-order chi connectivity index (χ0) is 15.4. The summed E-state index contributed by atoms with van der Waals surface area (Å²) in [5, 5.41) is 13.1. The Bertz CT molecular complexity index is 645. The number of rotatable bonds is 5. The molecular formula is C18H19NO2S. The van der Waals surface area contributed by atoms with E-state index in [2.05, 4.69) is 5.32 Å². The summed E-state index contributed by atoms with van der Waals surface area (Å²) < 4.78 is 0. The predicted molar refractivity (Wildman–Crippen MR) is 88.8 cm³/mol. The van der Waals surface area contributed by atoms with E-state index in [1.165, 1.54) is 4.90 Å². The van der Waals surface area contributed by atoms with Gasteiger partial charge >= 0.3 is 0 Å². The molecule has 2 aromatic rings. The molecule has 2 N–H and O–H groups in total. The van der Waals surface area contributed by atoms with Crippen LogP contribution in [0.3, 0.4) is 0 Å². The lowest BCUT2D eigenvalue weighted by Crippen LogP contribution is -2.34. The van der Waals surface area contributed by atoms with E-state index in [-0.39, 0.29) is 11.9 Å². The van der Waals surface area contributed by atoms with Crippen LogP contribution in [0, 0.1) is 0 Å². The normalized spacial score (nSPS) is 19.7. The molecular weight excluding hydrogens is 294 g/mol. The lowest BCUT2D eigenvalue weighted by atomic mass is 10.1. The van der Waals surface area contributed by atoms with Gasteiger partial charge in [0.1, 0.15) is 0 Å². The first-order valence-electron chi connectivity index (χ1n) is 7.47. The molecule has 0 fully saturated rings. The minimum Gasteiger partial charge on any atom is -0.390 e. The van der Waals surface area contributed by atoms with Crippen molar-refractivity contribution in [3.05, 3.63) is 65.7 Å². The van der Waals surface area contributed by atoms with Gasteiger partial charge in [0.25, 0.3) is 0 Å². The van der Waals surface area contributed by atoms with Crippen molar-refractivity contribution in [2.45, 2.75) is 29.9 Å². The molecule has 0 heterocycles. The smallest absolute Gasteiger partial charge is 0.221 e. The molecule has 2 aromatic carbocycles. The highest BCUT2D eigenvalue weighted by molar-refractivity contribution is 7.99. The highest BCUT2D eigenvalue weighted by Gasteiger charge is 2.31. The number of thioether (sulfide) groups is 1. The number of fused-ring (bicyclic) bond motifs is 1. The van der Waals surface area contributed by atoms with Crippen molar-refractivity contribution < 1.29 is 9.90 Å². The lowest BCUT2D eigenvalue weighted by Gasteiger charge is -2.17. The Morgan fingerprint density at radius 1 is 1.14 bits per heavy atom. The summed E-state index contributed by atoms with van der Waals surface area (Å²) in [6.45, 7) is 0. The summed E-state index contributed by atoms with van der Waals surface area (Å²) in [6, 6.07) is 17.7. The molecule has 1 aliphatic carbocycles. The summed E-state index contributed by atoms with van der Waals surface area (Å²) in [5.74, 6) is 0.726. The highest BCUT2D eigenvalue weighted by Crippen LogP contribution is 2.31. The van der Waals surface area contributed by atoms with Gasteiger partial charge in [0, 0.05) is 23.5 Å². The second kappa shape index (κ2) is 6.99. The quantitative estimate of drug-likeness (QED) is 0.835. The molecule has 4 heteroatoms. The van der Waals surface area contributed by atoms with Crippen LogP contribution in [0.25, 0.3) is 0 Å². The Labute approximate surface area is 134 Å². The van der Waals surface area contributed by atoms with E-state index >= 15 is 0 Å². The van der Waals surface area contributed by atoms with Crippen molar-refractivity contribution in [2.24, 2.45) is 0 Å². The van der Waals surface area contributed by atoms with E-state index in [0.29, 0.717) is 12.8 Å². The summed E-state index contributed by atoms with van der Waals surface area (Å²) in [4.78, 5) is 13.3. The van der Waals surface area contributed by atoms with E-state index in [1.54, 1.807) is 11.8 Å². The van der Waals surface area contributed by atoms with Gasteiger partial charge in [-0.3, -0.25) is 4.79 Å². The molecule has 3 rings (SSSR count). The average molecular weight is 313 g/mol. The number of benzene rings is 2. The van der Waals surface area contributed by atoms with Crippen molar-refractivity contribution in [3.63, 3.8) is 0 Å². The number of nitrogens with one attached hydrogen (secondary N) is 1. The standard InChI is InChI=1S/C18H19NO2S/c20-16-12-13-6-4-5-9-15(13)18(16)19-17(21)10-11-22-14-7-2-1-3-8-14/h1-9,16,18,20H,10-12H2,(H,19,21). The van der Waals surface area contributed by atoms with Crippen molar-refractivity contribution in [1.29, 1.82) is 0 Å². The maximum atomic E-state index is 12.1. The van der Waals surface area contributed by atoms with Gasteiger partial charge in [-0.05, 0) is 23.3 Å². The Morgan fingerprint density at radius 2 is 1.86 bits per heavy atom. The number of carbonyl (C=O) groups is 1. The van der Waals surface area contributed by atoms with Crippen LogP contribution in [-0.2, 0) is 11.2 Å². The molecule has 0 aliphatic heterocycles. The minimum atomic E-state index is -0.525. The van der Waals surface area contributed by atoms with Gasteiger partial charge in [0.15, 0.2) is 0 Å². The molecule has 0 aromatic heterocycles.